The zero-order valence-electron chi connectivity index (χ0n) is 8.49. The SMILES string of the molecule is C=CCC1CCCC(OC(C)=O)C1=O. The summed E-state index contributed by atoms with van der Waals surface area (Å²) in [6, 6.07) is 0. The number of hydrogen-bond acceptors (Lipinski definition) is 3. The zero-order valence-corrected chi connectivity index (χ0v) is 8.49. The third-order valence-electron chi connectivity index (χ3n) is 2.50. The van der Waals surface area contributed by atoms with Gasteiger partial charge < -0.3 is 4.74 Å². The summed E-state index contributed by atoms with van der Waals surface area (Å²) in [7, 11) is 0. The van der Waals surface area contributed by atoms with Crippen LogP contribution in [0.4, 0.5) is 0 Å². The molecule has 78 valence electrons. The minimum absolute atomic E-state index is 0.00519. The van der Waals surface area contributed by atoms with E-state index in [-0.39, 0.29) is 17.7 Å². The van der Waals surface area contributed by atoms with Gasteiger partial charge >= 0.3 is 5.97 Å². The van der Waals surface area contributed by atoms with Crippen LogP contribution in [0.15, 0.2) is 12.7 Å². The van der Waals surface area contributed by atoms with Gasteiger partial charge in [-0.3, -0.25) is 9.59 Å². The minimum Gasteiger partial charge on any atom is -0.455 e. The molecule has 1 aliphatic carbocycles. The Morgan fingerprint density at radius 2 is 2.36 bits per heavy atom. The predicted octanol–water partition coefficient (Wildman–Crippen LogP) is 1.86. The molecular weight excluding hydrogens is 180 g/mol. The molecule has 14 heavy (non-hydrogen) atoms. The number of Topliss-reactive ketones (excluding diaryl/α,β-unsaturated/α-hetero) is 1. The first kappa shape index (κ1) is 11.0. The molecule has 0 saturated heterocycles. The highest BCUT2D eigenvalue weighted by Gasteiger charge is 2.32. The zero-order chi connectivity index (χ0) is 10.6. The molecule has 3 nitrogen and oxygen atoms in total. The maximum atomic E-state index is 11.7. The molecule has 1 aliphatic rings. The van der Waals surface area contributed by atoms with E-state index in [1.165, 1.54) is 6.92 Å². The molecule has 1 saturated carbocycles. The van der Waals surface area contributed by atoms with Gasteiger partial charge in [-0.05, 0) is 25.7 Å². The van der Waals surface area contributed by atoms with Gasteiger partial charge in [-0.25, -0.2) is 0 Å². The Bertz CT molecular complexity index is 245. The largest absolute Gasteiger partial charge is 0.455 e. The molecule has 2 unspecified atom stereocenters. The van der Waals surface area contributed by atoms with Crippen molar-refractivity contribution in [3.8, 4) is 0 Å². The normalized spacial score (nSPS) is 27.1. The first-order valence-corrected chi connectivity index (χ1v) is 4.97. The van der Waals surface area contributed by atoms with Crippen molar-refractivity contribution in [3.63, 3.8) is 0 Å². The summed E-state index contributed by atoms with van der Waals surface area (Å²) in [5.74, 6) is -0.306. The van der Waals surface area contributed by atoms with Gasteiger partial charge in [0.1, 0.15) is 0 Å². The second kappa shape index (κ2) is 4.94. The van der Waals surface area contributed by atoms with Crippen LogP contribution in [0.1, 0.15) is 32.6 Å². The fourth-order valence-electron chi connectivity index (χ4n) is 1.85. The number of allylic oxidation sites excluding steroid dienone is 1. The summed E-state index contributed by atoms with van der Waals surface area (Å²) in [5, 5.41) is 0. The van der Waals surface area contributed by atoms with Gasteiger partial charge in [0.05, 0.1) is 0 Å². The number of carbonyl (C=O) groups excluding carboxylic acids is 2. The van der Waals surface area contributed by atoms with Gasteiger partial charge in [0.2, 0.25) is 0 Å². The summed E-state index contributed by atoms with van der Waals surface area (Å²) in [6.07, 6.45) is 4.44. The smallest absolute Gasteiger partial charge is 0.303 e. The highest BCUT2D eigenvalue weighted by Crippen LogP contribution is 2.25. The van der Waals surface area contributed by atoms with Gasteiger partial charge in [-0.2, -0.15) is 0 Å². The van der Waals surface area contributed by atoms with Crippen LogP contribution in [-0.2, 0) is 14.3 Å². The van der Waals surface area contributed by atoms with Crippen molar-refractivity contribution in [3.05, 3.63) is 12.7 Å². The first-order valence-electron chi connectivity index (χ1n) is 4.97. The average molecular weight is 196 g/mol. The Labute approximate surface area is 84.1 Å². The predicted molar refractivity (Wildman–Crippen MR) is 52.7 cm³/mol. The quantitative estimate of drug-likeness (QED) is 0.511. The highest BCUT2D eigenvalue weighted by atomic mass is 16.5. The van der Waals surface area contributed by atoms with Crippen LogP contribution in [-0.4, -0.2) is 17.9 Å². The number of carbonyl (C=O) groups is 2. The van der Waals surface area contributed by atoms with Crippen LogP contribution in [0, 0.1) is 5.92 Å². The van der Waals surface area contributed by atoms with Crippen LogP contribution < -0.4 is 0 Å². The third kappa shape index (κ3) is 2.69. The van der Waals surface area contributed by atoms with Crippen LogP contribution in [0.2, 0.25) is 0 Å². The Morgan fingerprint density at radius 3 is 2.93 bits per heavy atom. The summed E-state index contributed by atoms with van der Waals surface area (Å²) in [4.78, 5) is 22.5. The van der Waals surface area contributed by atoms with E-state index in [0.29, 0.717) is 12.8 Å². The number of rotatable bonds is 3. The maximum absolute atomic E-state index is 11.7. The maximum Gasteiger partial charge on any atom is 0.303 e. The monoisotopic (exact) mass is 196 g/mol. The molecule has 0 N–H and O–H groups in total. The topological polar surface area (TPSA) is 43.4 Å². The minimum atomic E-state index is -0.508. The second-order valence-corrected chi connectivity index (χ2v) is 3.65. The van der Waals surface area contributed by atoms with E-state index >= 15 is 0 Å². The van der Waals surface area contributed by atoms with E-state index < -0.39 is 6.10 Å². The molecule has 0 bridgehead atoms. The summed E-state index contributed by atoms with van der Waals surface area (Å²) in [6.45, 7) is 4.95. The highest BCUT2D eigenvalue weighted by molar-refractivity contribution is 5.88. The fourth-order valence-corrected chi connectivity index (χ4v) is 1.85. The average Bonchev–Trinajstić information content (AvgIpc) is 2.11. The lowest BCUT2D eigenvalue weighted by molar-refractivity contribution is -0.156. The van der Waals surface area contributed by atoms with Crippen molar-refractivity contribution in [2.75, 3.05) is 0 Å². The van der Waals surface area contributed by atoms with E-state index in [1.54, 1.807) is 6.08 Å². The molecule has 0 aromatic carbocycles. The molecule has 0 heterocycles. The molecular formula is C11H16O3. The van der Waals surface area contributed by atoms with E-state index in [4.69, 9.17) is 4.74 Å². The lowest BCUT2D eigenvalue weighted by Crippen LogP contribution is -2.35. The van der Waals surface area contributed by atoms with Crippen molar-refractivity contribution in [1.29, 1.82) is 0 Å². The third-order valence-corrected chi connectivity index (χ3v) is 2.50. The molecule has 0 amide bonds. The number of ether oxygens (including phenoxy) is 1. The first-order chi connectivity index (χ1) is 6.65. The Morgan fingerprint density at radius 1 is 1.64 bits per heavy atom. The van der Waals surface area contributed by atoms with Crippen LogP contribution in [0.3, 0.4) is 0 Å². The summed E-state index contributed by atoms with van der Waals surface area (Å²) >= 11 is 0. The second-order valence-electron chi connectivity index (χ2n) is 3.65. The number of hydrogen-bond donors (Lipinski definition) is 0. The van der Waals surface area contributed by atoms with Gasteiger partial charge in [0.25, 0.3) is 0 Å². The van der Waals surface area contributed by atoms with Crippen LogP contribution in [0.5, 0.6) is 0 Å². The van der Waals surface area contributed by atoms with Crippen molar-refractivity contribution in [2.45, 2.75) is 38.7 Å². The number of ketones is 1. The lowest BCUT2D eigenvalue weighted by Gasteiger charge is -2.26. The van der Waals surface area contributed by atoms with Gasteiger partial charge in [-0.15, -0.1) is 6.58 Å². The van der Waals surface area contributed by atoms with Gasteiger partial charge in [0, 0.05) is 12.8 Å². The summed E-state index contributed by atoms with van der Waals surface area (Å²) in [5.41, 5.74) is 0. The molecule has 3 heteroatoms. The lowest BCUT2D eigenvalue weighted by atomic mass is 9.84. The molecule has 2 atom stereocenters. The standard InChI is InChI=1S/C11H16O3/c1-3-5-9-6-4-7-10(11(9)13)14-8(2)12/h3,9-10H,1,4-7H2,2H3. The molecule has 0 aromatic heterocycles. The van der Waals surface area contributed by atoms with E-state index in [1.807, 2.05) is 0 Å². The van der Waals surface area contributed by atoms with Crippen molar-refractivity contribution in [2.24, 2.45) is 5.92 Å². The molecule has 0 spiro atoms. The van der Waals surface area contributed by atoms with Crippen LogP contribution >= 0.6 is 0 Å². The van der Waals surface area contributed by atoms with Crippen molar-refractivity contribution in [1.82, 2.24) is 0 Å². The molecule has 1 rings (SSSR count). The molecule has 0 aliphatic heterocycles. The van der Waals surface area contributed by atoms with Gasteiger partial charge in [0.15, 0.2) is 11.9 Å². The Balaban J connectivity index is 2.56. The molecule has 0 aromatic rings. The van der Waals surface area contributed by atoms with Crippen LogP contribution in [0.25, 0.3) is 0 Å². The molecule has 1 fully saturated rings. The van der Waals surface area contributed by atoms with E-state index in [0.717, 1.165) is 12.8 Å². The van der Waals surface area contributed by atoms with E-state index in [2.05, 4.69) is 6.58 Å². The number of esters is 1. The van der Waals surface area contributed by atoms with Gasteiger partial charge in [-0.1, -0.05) is 6.08 Å². The van der Waals surface area contributed by atoms with E-state index in [9.17, 15) is 9.59 Å². The summed E-state index contributed by atoms with van der Waals surface area (Å²) < 4.78 is 4.96. The molecule has 0 radical (unpaired) electrons. The van der Waals surface area contributed by atoms with Crippen molar-refractivity contribution < 1.29 is 14.3 Å². The van der Waals surface area contributed by atoms with Crippen molar-refractivity contribution >= 4 is 11.8 Å². The Kier molecular flexibility index (Phi) is 3.86. The fraction of sp³-hybridized carbons (Fsp3) is 0.636. The Hall–Kier alpha value is -1.12.